The van der Waals surface area contributed by atoms with E-state index in [4.69, 9.17) is 16.3 Å². The molecule has 3 aromatic rings. The minimum Gasteiger partial charge on any atom is -0.507 e. The number of hydrogen-bond donors (Lipinski definition) is 1. The molecule has 1 aromatic heterocycles. The Bertz CT molecular complexity index is 1470. The van der Waals surface area contributed by atoms with E-state index in [1.807, 2.05) is 4.90 Å². The number of aromatic hydroxyl groups is 1. The number of piperazine rings is 1. The number of amides is 2. The van der Waals surface area contributed by atoms with Crippen molar-refractivity contribution in [3.8, 4) is 22.9 Å². The van der Waals surface area contributed by atoms with Crippen molar-refractivity contribution < 1.29 is 28.2 Å². The van der Waals surface area contributed by atoms with Crippen molar-refractivity contribution in [2.75, 3.05) is 44.2 Å². The van der Waals surface area contributed by atoms with Crippen molar-refractivity contribution in [1.82, 2.24) is 19.8 Å². The number of benzene rings is 2. The zero-order valence-electron chi connectivity index (χ0n) is 21.9. The number of aromatic nitrogens is 2. The lowest BCUT2D eigenvalue weighted by molar-refractivity contribution is -0.130. The van der Waals surface area contributed by atoms with Crippen LogP contribution in [0.4, 0.5) is 14.6 Å². The third-order valence-corrected chi connectivity index (χ3v) is 7.61. The Morgan fingerprint density at radius 3 is 2.40 bits per heavy atom. The third kappa shape index (κ3) is 5.25. The summed E-state index contributed by atoms with van der Waals surface area (Å²) in [6.45, 7) is 7.67. The first-order valence-corrected chi connectivity index (χ1v) is 13.3. The van der Waals surface area contributed by atoms with Crippen molar-refractivity contribution in [3.63, 3.8) is 0 Å². The SMILES string of the molecule is C=CC(=O)N1CCN(c2nc(OC3CCN(C(C)=O)CC3)nc3c(F)c(-c4c(O)cccc4F)c(Cl)cc23)CC1. The van der Waals surface area contributed by atoms with Crippen LogP contribution in [0, 0.1) is 11.6 Å². The first-order chi connectivity index (χ1) is 19.2. The monoisotopic (exact) mass is 571 g/mol. The molecule has 0 atom stereocenters. The molecule has 0 bridgehead atoms. The van der Waals surface area contributed by atoms with Crippen LogP contribution < -0.4 is 9.64 Å². The lowest BCUT2D eigenvalue weighted by Gasteiger charge is -2.35. The molecule has 2 fully saturated rings. The van der Waals surface area contributed by atoms with Crippen LogP contribution in [-0.4, -0.2) is 82.1 Å². The van der Waals surface area contributed by atoms with Gasteiger partial charge in [0.15, 0.2) is 5.82 Å². The lowest BCUT2D eigenvalue weighted by atomic mass is 10.0. The van der Waals surface area contributed by atoms with E-state index < -0.39 is 17.4 Å². The number of hydrogen-bond acceptors (Lipinski definition) is 7. The van der Waals surface area contributed by atoms with Crippen LogP contribution in [0.3, 0.4) is 0 Å². The zero-order chi connectivity index (χ0) is 28.6. The van der Waals surface area contributed by atoms with Crippen LogP contribution >= 0.6 is 11.6 Å². The predicted octanol–water partition coefficient (Wildman–Crippen LogP) is 4.16. The van der Waals surface area contributed by atoms with Crippen LogP contribution in [-0.2, 0) is 9.59 Å². The second-order valence-electron chi connectivity index (χ2n) is 9.75. The summed E-state index contributed by atoms with van der Waals surface area (Å²) in [7, 11) is 0. The summed E-state index contributed by atoms with van der Waals surface area (Å²) in [6.07, 6.45) is 2.06. The summed E-state index contributed by atoms with van der Waals surface area (Å²) in [6, 6.07) is 5.04. The molecule has 1 N–H and O–H groups in total. The molecule has 2 aromatic carbocycles. The Morgan fingerprint density at radius 2 is 1.77 bits per heavy atom. The maximum atomic E-state index is 16.2. The van der Waals surface area contributed by atoms with Gasteiger partial charge >= 0.3 is 6.01 Å². The van der Waals surface area contributed by atoms with E-state index in [9.17, 15) is 19.1 Å². The van der Waals surface area contributed by atoms with Gasteiger partial charge in [-0.15, -0.1) is 0 Å². The van der Waals surface area contributed by atoms with E-state index in [-0.39, 0.29) is 51.0 Å². The number of phenols is 1. The first kappa shape index (κ1) is 27.6. The normalized spacial score (nSPS) is 16.4. The minimum atomic E-state index is -0.928. The van der Waals surface area contributed by atoms with E-state index in [0.717, 1.165) is 6.07 Å². The Labute approximate surface area is 234 Å². The fourth-order valence-electron chi connectivity index (χ4n) is 5.15. The summed E-state index contributed by atoms with van der Waals surface area (Å²) >= 11 is 6.50. The van der Waals surface area contributed by atoms with Crippen LogP contribution in [0.1, 0.15) is 19.8 Å². The highest BCUT2D eigenvalue weighted by Gasteiger charge is 2.29. The number of piperidine rings is 1. The molecule has 2 aliphatic rings. The lowest BCUT2D eigenvalue weighted by Crippen LogP contribution is -2.48. The standard InChI is InChI=1S/C28H28ClF2N5O4/c1-3-22(39)35-11-13-36(14-12-35)27-18-15-19(29)23(24-20(30)5-4-6-21(24)38)25(31)26(18)32-28(33-27)40-17-7-9-34(10-8-17)16(2)37/h3-6,15,17,38H,1,7-14H2,2H3. The number of ether oxygens (including phenoxy) is 1. The average molecular weight is 572 g/mol. The van der Waals surface area contributed by atoms with Crippen molar-refractivity contribution in [2.24, 2.45) is 0 Å². The van der Waals surface area contributed by atoms with Gasteiger partial charge in [-0.05, 0) is 24.3 Å². The fourth-order valence-corrected chi connectivity index (χ4v) is 5.44. The van der Waals surface area contributed by atoms with Crippen LogP contribution in [0.5, 0.6) is 11.8 Å². The van der Waals surface area contributed by atoms with Crippen LogP contribution in [0.2, 0.25) is 5.02 Å². The molecule has 2 amide bonds. The van der Waals surface area contributed by atoms with Crippen molar-refractivity contribution >= 4 is 40.1 Å². The highest BCUT2D eigenvalue weighted by Crippen LogP contribution is 2.42. The molecule has 2 saturated heterocycles. The number of anilines is 1. The molecule has 210 valence electrons. The second-order valence-corrected chi connectivity index (χ2v) is 10.2. The number of likely N-dealkylation sites (tertiary alicyclic amines) is 1. The Morgan fingerprint density at radius 1 is 1.07 bits per heavy atom. The van der Waals surface area contributed by atoms with Gasteiger partial charge in [-0.3, -0.25) is 9.59 Å². The quantitative estimate of drug-likeness (QED) is 0.459. The van der Waals surface area contributed by atoms with E-state index in [0.29, 0.717) is 57.9 Å². The largest absolute Gasteiger partial charge is 0.507 e. The number of phenolic OH excluding ortho intramolecular Hbond substituents is 1. The van der Waals surface area contributed by atoms with Crippen LogP contribution in [0.15, 0.2) is 36.9 Å². The fraction of sp³-hybridized carbons (Fsp3) is 0.357. The summed E-state index contributed by atoms with van der Waals surface area (Å²) < 4.78 is 37.0. The molecule has 3 heterocycles. The number of carbonyl (C=O) groups is 2. The van der Waals surface area contributed by atoms with Gasteiger partial charge in [0, 0.05) is 70.0 Å². The molecule has 0 radical (unpaired) electrons. The summed E-state index contributed by atoms with van der Waals surface area (Å²) in [4.78, 5) is 38.0. The van der Waals surface area contributed by atoms with Gasteiger partial charge < -0.3 is 24.5 Å². The van der Waals surface area contributed by atoms with Gasteiger partial charge in [0.1, 0.15) is 29.0 Å². The zero-order valence-corrected chi connectivity index (χ0v) is 22.6. The van der Waals surface area contributed by atoms with Gasteiger partial charge in [-0.2, -0.15) is 9.97 Å². The maximum absolute atomic E-state index is 16.2. The topological polar surface area (TPSA) is 99.1 Å². The summed E-state index contributed by atoms with van der Waals surface area (Å²) in [5.41, 5.74) is -0.841. The number of nitrogens with zero attached hydrogens (tertiary/aromatic N) is 5. The van der Waals surface area contributed by atoms with Gasteiger partial charge in [0.25, 0.3) is 0 Å². The predicted molar refractivity (Wildman–Crippen MR) is 146 cm³/mol. The van der Waals surface area contributed by atoms with Gasteiger partial charge in [-0.1, -0.05) is 24.2 Å². The van der Waals surface area contributed by atoms with Gasteiger partial charge in [0.05, 0.1) is 10.6 Å². The van der Waals surface area contributed by atoms with E-state index in [1.54, 1.807) is 9.80 Å². The molecule has 12 heteroatoms. The molecule has 0 saturated carbocycles. The minimum absolute atomic E-state index is 0.0142. The molecular weight excluding hydrogens is 544 g/mol. The summed E-state index contributed by atoms with van der Waals surface area (Å²) in [5.74, 6) is -2.08. The van der Waals surface area contributed by atoms with E-state index in [1.165, 1.54) is 31.2 Å². The van der Waals surface area contributed by atoms with E-state index in [2.05, 4.69) is 16.5 Å². The average Bonchev–Trinajstić information content (AvgIpc) is 2.94. The molecule has 0 aliphatic carbocycles. The smallest absolute Gasteiger partial charge is 0.319 e. The highest BCUT2D eigenvalue weighted by atomic mass is 35.5. The number of rotatable bonds is 5. The first-order valence-electron chi connectivity index (χ1n) is 12.9. The molecule has 9 nitrogen and oxygen atoms in total. The maximum Gasteiger partial charge on any atom is 0.319 e. The number of fused-ring (bicyclic) bond motifs is 1. The second kappa shape index (κ2) is 11.2. The molecule has 5 rings (SSSR count). The van der Waals surface area contributed by atoms with Crippen LogP contribution in [0.25, 0.3) is 22.0 Å². The Hall–Kier alpha value is -3.99. The van der Waals surface area contributed by atoms with Gasteiger partial charge in [0.2, 0.25) is 11.8 Å². The van der Waals surface area contributed by atoms with E-state index >= 15 is 4.39 Å². The number of carbonyl (C=O) groups excluding carboxylic acids is 2. The van der Waals surface area contributed by atoms with Gasteiger partial charge in [-0.25, -0.2) is 8.78 Å². The third-order valence-electron chi connectivity index (χ3n) is 7.31. The van der Waals surface area contributed by atoms with Crippen molar-refractivity contribution in [3.05, 3.63) is 53.6 Å². The molecule has 0 spiro atoms. The summed E-state index contributed by atoms with van der Waals surface area (Å²) in [5, 5.41) is 10.5. The highest BCUT2D eigenvalue weighted by molar-refractivity contribution is 6.34. The van der Waals surface area contributed by atoms with Crippen molar-refractivity contribution in [1.29, 1.82) is 0 Å². The van der Waals surface area contributed by atoms with Crippen molar-refractivity contribution in [2.45, 2.75) is 25.9 Å². The molecule has 2 aliphatic heterocycles. The molecule has 40 heavy (non-hydrogen) atoms. The Kier molecular flexibility index (Phi) is 7.75. The number of halogens is 3. The Balaban J connectivity index is 1.58. The molecular formula is C28H28ClF2N5O4. The molecule has 0 unspecified atom stereocenters.